The normalized spacial score (nSPS) is 11.3. The fourth-order valence-electron chi connectivity index (χ4n) is 1.21. The summed E-state index contributed by atoms with van der Waals surface area (Å²) >= 11 is 0. The fourth-order valence-corrected chi connectivity index (χ4v) is 2.03. The molecule has 4 nitrogen and oxygen atoms in total. The third kappa shape index (κ3) is 5.45. The lowest BCUT2D eigenvalue weighted by atomic mass is 10.2. The largest absolute Gasteiger partial charge is 0.274 e. The van der Waals surface area contributed by atoms with Crippen molar-refractivity contribution in [3.8, 4) is 0 Å². The SMILES string of the molecule is C=CCCC(=O)NS(=O)(=O)C=Cc1ccccc1. The third-order valence-corrected chi connectivity index (χ3v) is 3.08. The molecule has 0 aliphatic carbocycles. The molecule has 0 aliphatic heterocycles. The number of allylic oxidation sites excluding steroid dienone is 1. The molecule has 5 heteroatoms. The van der Waals surface area contributed by atoms with Crippen LogP contribution in [0.25, 0.3) is 6.08 Å². The van der Waals surface area contributed by atoms with Crippen molar-refractivity contribution in [1.82, 2.24) is 4.72 Å². The quantitative estimate of drug-likeness (QED) is 0.801. The van der Waals surface area contributed by atoms with Gasteiger partial charge in [0.2, 0.25) is 5.91 Å². The summed E-state index contributed by atoms with van der Waals surface area (Å²) < 4.78 is 25.0. The van der Waals surface area contributed by atoms with Gasteiger partial charge in [0.05, 0.1) is 5.41 Å². The Hall–Kier alpha value is -1.88. The number of carbonyl (C=O) groups excluding carboxylic acids is 1. The minimum Gasteiger partial charge on any atom is -0.274 e. The lowest BCUT2D eigenvalue weighted by Crippen LogP contribution is -2.28. The van der Waals surface area contributed by atoms with Crippen molar-refractivity contribution in [1.29, 1.82) is 0 Å². The molecule has 0 heterocycles. The molecular weight excluding hydrogens is 250 g/mol. The maximum atomic E-state index is 11.5. The summed E-state index contributed by atoms with van der Waals surface area (Å²) in [5, 5.41) is 0.980. The molecule has 0 saturated heterocycles. The summed E-state index contributed by atoms with van der Waals surface area (Å²) in [7, 11) is -3.72. The van der Waals surface area contributed by atoms with Crippen LogP contribution in [0.15, 0.2) is 48.4 Å². The molecule has 0 spiro atoms. The van der Waals surface area contributed by atoms with Crippen molar-refractivity contribution < 1.29 is 13.2 Å². The zero-order valence-corrected chi connectivity index (χ0v) is 10.7. The Morgan fingerprint density at radius 2 is 1.94 bits per heavy atom. The van der Waals surface area contributed by atoms with E-state index in [1.165, 1.54) is 6.08 Å². The van der Waals surface area contributed by atoms with Crippen LogP contribution in [0.3, 0.4) is 0 Å². The molecule has 1 aromatic carbocycles. The predicted molar refractivity (Wildman–Crippen MR) is 72.0 cm³/mol. The monoisotopic (exact) mass is 265 g/mol. The third-order valence-electron chi connectivity index (χ3n) is 2.07. The second-order valence-electron chi connectivity index (χ2n) is 3.61. The predicted octanol–water partition coefficient (Wildman–Crippen LogP) is 2.07. The summed E-state index contributed by atoms with van der Waals surface area (Å²) in [6, 6.07) is 8.98. The highest BCUT2D eigenvalue weighted by atomic mass is 32.2. The first-order chi connectivity index (χ1) is 8.53. The molecule has 0 aliphatic rings. The van der Waals surface area contributed by atoms with Crippen molar-refractivity contribution in [2.24, 2.45) is 0 Å². The fraction of sp³-hybridized carbons (Fsp3) is 0.154. The number of nitrogens with one attached hydrogen (secondary N) is 1. The molecule has 1 amide bonds. The Bertz CT molecular complexity index is 533. The average molecular weight is 265 g/mol. The van der Waals surface area contributed by atoms with Gasteiger partial charge in [-0.3, -0.25) is 4.79 Å². The van der Waals surface area contributed by atoms with E-state index in [9.17, 15) is 13.2 Å². The molecule has 96 valence electrons. The van der Waals surface area contributed by atoms with Gasteiger partial charge in [-0.25, -0.2) is 13.1 Å². The van der Waals surface area contributed by atoms with E-state index < -0.39 is 15.9 Å². The van der Waals surface area contributed by atoms with Gasteiger partial charge >= 0.3 is 0 Å². The van der Waals surface area contributed by atoms with Crippen LogP contribution < -0.4 is 4.72 Å². The number of benzene rings is 1. The Kier molecular flexibility index (Phi) is 5.32. The minimum absolute atomic E-state index is 0.113. The summed E-state index contributed by atoms with van der Waals surface area (Å²) in [6.45, 7) is 3.46. The van der Waals surface area contributed by atoms with Gasteiger partial charge in [0.1, 0.15) is 0 Å². The summed E-state index contributed by atoms with van der Waals surface area (Å²) in [6.07, 6.45) is 3.56. The Labute approximate surface area is 107 Å². The molecular formula is C13H15NO3S. The van der Waals surface area contributed by atoms with Crippen LogP contribution in [0, 0.1) is 0 Å². The van der Waals surface area contributed by atoms with Crippen LogP contribution in [-0.4, -0.2) is 14.3 Å². The van der Waals surface area contributed by atoms with E-state index in [1.807, 2.05) is 10.8 Å². The average Bonchev–Trinajstić information content (AvgIpc) is 2.35. The van der Waals surface area contributed by atoms with Gasteiger partial charge in [0.25, 0.3) is 10.0 Å². The number of amides is 1. The Morgan fingerprint density at radius 3 is 2.56 bits per heavy atom. The maximum Gasteiger partial charge on any atom is 0.257 e. The lowest BCUT2D eigenvalue weighted by molar-refractivity contribution is -0.119. The zero-order chi connectivity index (χ0) is 13.4. The number of rotatable bonds is 6. The first kappa shape index (κ1) is 14.2. The van der Waals surface area contributed by atoms with Crippen LogP contribution in [0.4, 0.5) is 0 Å². The summed E-state index contributed by atoms with van der Waals surface area (Å²) in [5.74, 6) is -0.535. The van der Waals surface area contributed by atoms with E-state index in [-0.39, 0.29) is 6.42 Å². The first-order valence-corrected chi connectivity index (χ1v) is 6.98. The Morgan fingerprint density at radius 1 is 1.28 bits per heavy atom. The first-order valence-electron chi connectivity index (χ1n) is 5.43. The van der Waals surface area contributed by atoms with Crippen molar-refractivity contribution in [3.05, 3.63) is 54.0 Å². The van der Waals surface area contributed by atoms with Crippen LogP contribution in [0.1, 0.15) is 18.4 Å². The highest BCUT2D eigenvalue weighted by Crippen LogP contribution is 2.03. The van der Waals surface area contributed by atoms with E-state index in [0.29, 0.717) is 6.42 Å². The number of hydrogen-bond donors (Lipinski definition) is 1. The van der Waals surface area contributed by atoms with Gasteiger partial charge in [-0.2, -0.15) is 0 Å². The van der Waals surface area contributed by atoms with Crippen LogP contribution in [-0.2, 0) is 14.8 Å². The molecule has 0 radical (unpaired) electrons. The molecule has 0 fully saturated rings. The van der Waals surface area contributed by atoms with E-state index >= 15 is 0 Å². The molecule has 0 atom stereocenters. The topological polar surface area (TPSA) is 63.2 Å². The summed E-state index contributed by atoms with van der Waals surface area (Å²) in [4.78, 5) is 11.3. The molecule has 1 aromatic rings. The van der Waals surface area contributed by atoms with Gasteiger partial charge in [-0.1, -0.05) is 36.4 Å². The van der Waals surface area contributed by atoms with E-state index in [0.717, 1.165) is 11.0 Å². The van der Waals surface area contributed by atoms with E-state index in [4.69, 9.17) is 0 Å². The Balaban J connectivity index is 2.62. The molecule has 0 aromatic heterocycles. The van der Waals surface area contributed by atoms with Gasteiger partial charge in [0, 0.05) is 6.42 Å². The van der Waals surface area contributed by atoms with Crippen molar-refractivity contribution in [2.45, 2.75) is 12.8 Å². The minimum atomic E-state index is -3.72. The van der Waals surface area contributed by atoms with Gasteiger partial charge in [-0.15, -0.1) is 6.58 Å². The number of carbonyl (C=O) groups is 1. The van der Waals surface area contributed by atoms with E-state index in [1.54, 1.807) is 30.3 Å². The van der Waals surface area contributed by atoms with E-state index in [2.05, 4.69) is 6.58 Å². The highest BCUT2D eigenvalue weighted by molar-refractivity contribution is 7.93. The van der Waals surface area contributed by atoms with Crippen LogP contribution >= 0.6 is 0 Å². The lowest BCUT2D eigenvalue weighted by Gasteiger charge is -2.01. The molecule has 1 rings (SSSR count). The van der Waals surface area contributed by atoms with Crippen molar-refractivity contribution in [2.75, 3.05) is 0 Å². The molecule has 0 bridgehead atoms. The molecule has 0 unspecified atom stereocenters. The van der Waals surface area contributed by atoms with Crippen molar-refractivity contribution >= 4 is 22.0 Å². The standard InChI is InChI=1S/C13H15NO3S/c1-2-3-9-13(15)14-18(16,17)11-10-12-7-5-4-6-8-12/h2,4-8,10-11H,1,3,9H2,(H,14,15). The smallest absolute Gasteiger partial charge is 0.257 e. The molecule has 1 N–H and O–H groups in total. The molecule has 18 heavy (non-hydrogen) atoms. The van der Waals surface area contributed by atoms with Crippen LogP contribution in [0.5, 0.6) is 0 Å². The second kappa shape index (κ2) is 6.76. The summed E-state index contributed by atoms with van der Waals surface area (Å²) in [5.41, 5.74) is 0.751. The van der Waals surface area contributed by atoms with Gasteiger partial charge in [-0.05, 0) is 18.1 Å². The zero-order valence-electron chi connectivity index (χ0n) is 9.87. The van der Waals surface area contributed by atoms with Crippen LogP contribution in [0.2, 0.25) is 0 Å². The number of hydrogen-bond acceptors (Lipinski definition) is 3. The number of sulfonamides is 1. The van der Waals surface area contributed by atoms with Gasteiger partial charge < -0.3 is 0 Å². The highest BCUT2D eigenvalue weighted by Gasteiger charge is 2.09. The van der Waals surface area contributed by atoms with Gasteiger partial charge in [0.15, 0.2) is 0 Å². The second-order valence-corrected chi connectivity index (χ2v) is 5.18. The molecule has 0 saturated carbocycles. The van der Waals surface area contributed by atoms with Crippen molar-refractivity contribution in [3.63, 3.8) is 0 Å². The maximum absolute atomic E-state index is 11.5.